The Morgan fingerprint density at radius 3 is 2.85 bits per heavy atom. The second-order valence-electron chi connectivity index (χ2n) is 4.52. The molecular formula is C11H13F3N4O2. The molecule has 110 valence electrons. The summed E-state index contributed by atoms with van der Waals surface area (Å²) < 4.78 is 37.7. The largest absolute Gasteiger partial charge is 0.433 e. The number of nitro groups is 1. The zero-order valence-electron chi connectivity index (χ0n) is 10.4. The van der Waals surface area contributed by atoms with Gasteiger partial charge in [0.25, 0.3) is 0 Å². The van der Waals surface area contributed by atoms with Gasteiger partial charge in [0.15, 0.2) is 0 Å². The molecule has 0 amide bonds. The Bertz CT molecular complexity index is 501. The van der Waals surface area contributed by atoms with E-state index in [4.69, 9.17) is 0 Å². The number of aromatic nitrogens is 1. The van der Waals surface area contributed by atoms with Gasteiger partial charge in [-0.2, -0.15) is 13.2 Å². The van der Waals surface area contributed by atoms with Crippen molar-refractivity contribution in [2.24, 2.45) is 0 Å². The number of pyridine rings is 1. The Morgan fingerprint density at radius 1 is 1.55 bits per heavy atom. The third kappa shape index (κ3) is 3.35. The van der Waals surface area contributed by atoms with Crippen LogP contribution in [0.25, 0.3) is 0 Å². The molecule has 0 bridgehead atoms. The first-order chi connectivity index (χ1) is 9.38. The molecule has 2 rings (SSSR count). The van der Waals surface area contributed by atoms with Gasteiger partial charge in [0.1, 0.15) is 17.6 Å². The van der Waals surface area contributed by atoms with Gasteiger partial charge in [0, 0.05) is 12.6 Å². The molecule has 1 aliphatic heterocycles. The maximum Gasteiger partial charge on any atom is 0.433 e. The number of nitrogens with one attached hydrogen (secondary N) is 2. The molecule has 0 saturated carbocycles. The summed E-state index contributed by atoms with van der Waals surface area (Å²) in [5.74, 6) is 0. The van der Waals surface area contributed by atoms with Gasteiger partial charge in [-0.3, -0.25) is 10.1 Å². The molecule has 1 unspecified atom stereocenters. The van der Waals surface area contributed by atoms with Crippen molar-refractivity contribution in [1.29, 1.82) is 0 Å². The number of alkyl halides is 3. The van der Waals surface area contributed by atoms with Crippen LogP contribution in [0.3, 0.4) is 0 Å². The van der Waals surface area contributed by atoms with Crippen molar-refractivity contribution < 1.29 is 18.1 Å². The molecule has 0 radical (unpaired) electrons. The fraction of sp³-hybridized carbons (Fsp3) is 0.545. The highest BCUT2D eigenvalue weighted by atomic mass is 19.4. The lowest BCUT2D eigenvalue weighted by Crippen LogP contribution is -2.29. The number of nitrogens with zero attached hydrogens (tertiary/aromatic N) is 2. The Balaban J connectivity index is 2.20. The first kappa shape index (κ1) is 14.5. The Kier molecular flexibility index (Phi) is 4.07. The summed E-state index contributed by atoms with van der Waals surface area (Å²) >= 11 is 0. The van der Waals surface area contributed by atoms with E-state index in [0.717, 1.165) is 19.4 Å². The minimum atomic E-state index is -4.63. The van der Waals surface area contributed by atoms with E-state index in [1.165, 1.54) is 0 Å². The van der Waals surface area contributed by atoms with Crippen LogP contribution >= 0.6 is 0 Å². The van der Waals surface area contributed by atoms with Crippen molar-refractivity contribution in [1.82, 2.24) is 10.3 Å². The lowest BCUT2D eigenvalue weighted by atomic mass is 10.2. The van der Waals surface area contributed by atoms with Crippen LogP contribution in [0.15, 0.2) is 12.3 Å². The van der Waals surface area contributed by atoms with E-state index in [1.54, 1.807) is 0 Å². The lowest BCUT2D eigenvalue weighted by Gasteiger charge is -2.14. The van der Waals surface area contributed by atoms with E-state index in [2.05, 4.69) is 15.6 Å². The molecule has 1 atom stereocenters. The van der Waals surface area contributed by atoms with E-state index in [9.17, 15) is 23.3 Å². The van der Waals surface area contributed by atoms with Crippen LogP contribution in [0.5, 0.6) is 0 Å². The molecule has 1 aromatic heterocycles. The van der Waals surface area contributed by atoms with Gasteiger partial charge in [0.05, 0.1) is 4.92 Å². The monoisotopic (exact) mass is 290 g/mol. The molecular weight excluding hydrogens is 277 g/mol. The van der Waals surface area contributed by atoms with E-state index in [0.29, 0.717) is 18.8 Å². The maximum absolute atomic E-state index is 12.6. The summed E-state index contributed by atoms with van der Waals surface area (Å²) in [5.41, 5.74) is -1.77. The second-order valence-corrected chi connectivity index (χ2v) is 4.52. The molecule has 1 fully saturated rings. The maximum atomic E-state index is 12.6. The number of anilines is 1. The Morgan fingerprint density at radius 2 is 2.30 bits per heavy atom. The van der Waals surface area contributed by atoms with Crippen LogP contribution in [0.2, 0.25) is 0 Å². The lowest BCUT2D eigenvalue weighted by molar-refractivity contribution is -0.384. The minimum Gasteiger partial charge on any atom is -0.378 e. The summed E-state index contributed by atoms with van der Waals surface area (Å²) in [6.45, 7) is 1.18. The summed E-state index contributed by atoms with van der Waals surface area (Å²) in [6.07, 6.45) is -2.12. The number of hydrogen-bond donors (Lipinski definition) is 2. The Labute approximate surface area is 112 Å². The van der Waals surface area contributed by atoms with Crippen LogP contribution in [-0.2, 0) is 6.18 Å². The number of halogens is 3. The normalized spacial score (nSPS) is 19.1. The minimum absolute atomic E-state index is 0.108. The fourth-order valence-corrected chi connectivity index (χ4v) is 2.05. The molecule has 6 nitrogen and oxygen atoms in total. The highest BCUT2D eigenvalue weighted by Crippen LogP contribution is 2.32. The average molecular weight is 290 g/mol. The van der Waals surface area contributed by atoms with Crippen molar-refractivity contribution in [3.05, 3.63) is 28.1 Å². The average Bonchev–Trinajstić information content (AvgIpc) is 2.87. The molecule has 0 spiro atoms. The SMILES string of the molecule is O=[N+]([O-])c1cnc(C(F)(F)F)cc1NCC1CCCN1. The Hall–Kier alpha value is -1.90. The topological polar surface area (TPSA) is 80.1 Å². The molecule has 1 saturated heterocycles. The van der Waals surface area contributed by atoms with Crippen LogP contribution in [0.4, 0.5) is 24.5 Å². The summed E-state index contributed by atoms with van der Waals surface area (Å²) in [4.78, 5) is 13.1. The van der Waals surface area contributed by atoms with Crippen molar-refractivity contribution in [3.8, 4) is 0 Å². The van der Waals surface area contributed by atoms with Gasteiger partial charge < -0.3 is 10.6 Å². The molecule has 1 aliphatic rings. The second kappa shape index (κ2) is 5.61. The van der Waals surface area contributed by atoms with Crippen molar-refractivity contribution >= 4 is 11.4 Å². The van der Waals surface area contributed by atoms with Crippen LogP contribution in [0.1, 0.15) is 18.5 Å². The van der Waals surface area contributed by atoms with Gasteiger partial charge in [-0.25, -0.2) is 4.98 Å². The quantitative estimate of drug-likeness (QED) is 0.656. The van der Waals surface area contributed by atoms with Crippen LogP contribution < -0.4 is 10.6 Å². The standard InChI is InChI=1S/C11H13F3N4O2/c12-11(13,14)10-4-8(9(6-17-10)18(19)20)16-5-7-2-1-3-15-7/h4,6-7,15H,1-3,5H2,(H,16,17). The molecule has 0 aromatic carbocycles. The van der Waals surface area contributed by atoms with E-state index < -0.39 is 22.5 Å². The fourth-order valence-electron chi connectivity index (χ4n) is 2.05. The van der Waals surface area contributed by atoms with E-state index in [-0.39, 0.29) is 11.7 Å². The molecule has 9 heteroatoms. The predicted molar refractivity (Wildman–Crippen MR) is 65.4 cm³/mol. The number of hydrogen-bond acceptors (Lipinski definition) is 5. The first-order valence-corrected chi connectivity index (χ1v) is 6.07. The molecule has 0 aliphatic carbocycles. The summed E-state index contributed by atoms with van der Waals surface area (Å²) in [5, 5.41) is 16.7. The van der Waals surface area contributed by atoms with E-state index >= 15 is 0 Å². The molecule has 20 heavy (non-hydrogen) atoms. The third-order valence-corrected chi connectivity index (χ3v) is 3.07. The van der Waals surface area contributed by atoms with Crippen LogP contribution in [0, 0.1) is 10.1 Å². The van der Waals surface area contributed by atoms with Crippen molar-refractivity contribution in [3.63, 3.8) is 0 Å². The summed E-state index contributed by atoms with van der Waals surface area (Å²) in [7, 11) is 0. The van der Waals surface area contributed by atoms with Gasteiger partial charge >= 0.3 is 11.9 Å². The first-order valence-electron chi connectivity index (χ1n) is 6.07. The van der Waals surface area contributed by atoms with Gasteiger partial charge in [-0.1, -0.05) is 0 Å². The van der Waals surface area contributed by atoms with Crippen molar-refractivity contribution in [2.75, 3.05) is 18.4 Å². The van der Waals surface area contributed by atoms with Crippen LogP contribution in [-0.4, -0.2) is 29.0 Å². The zero-order valence-corrected chi connectivity index (χ0v) is 10.4. The third-order valence-electron chi connectivity index (χ3n) is 3.07. The highest BCUT2D eigenvalue weighted by Gasteiger charge is 2.34. The highest BCUT2D eigenvalue weighted by molar-refractivity contribution is 5.61. The predicted octanol–water partition coefficient (Wildman–Crippen LogP) is 2.17. The van der Waals surface area contributed by atoms with Crippen molar-refractivity contribution in [2.45, 2.75) is 25.1 Å². The molecule has 2 N–H and O–H groups in total. The van der Waals surface area contributed by atoms with Gasteiger partial charge in [0.2, 0.25) is 0 Å². The smallest absolute Gasteiger partial charge is 0.378 e. The van der Waals surface area contributed by atoms with E-state index in [1.807, 2.05) is 0 Å². The number of rotatable bonds is 4. The van der Waals surface area contributed by atoms with Gasteiger partial charge in [-0.15, -0.1) is 0 Å². The molecule has 2 heterocycles. The molecule has 1 aromatic rings. The summed E-state index contributed by atoms with van der Waals surface area (Å²) in [6, 6.07) is 0.782. The van der Waals surface area contributed by atoms with Gasteiger partial charge in [-0.05, 0) is 25.5 Å². The zero-order chi connectivity index (χ0) is 14.8.